The Labute approximate surface area is 159 Å². The van der Waals surface area contributed by atoms with Crippen LogP contribution in [-0.4, -0.2) is 50.0 Å². The summed E-state index contributed by atoms with van der Waals surface area (Å²) < 4.78 is 5.15. The first-order chi connectivity index (χ1) is 13.0. The number of nitrogens with zero attached hydrogens (tertiary/aromatic N) is 2. The normalized spacial score (nSPS) is 15.2. The van der Waals surface area contributed by atoms with E-state index in [-0.39, 0.29) is 30.9 Å². The van der Waals surface area contributed by atoms with Crippen LogP contribution >= 0.6 is 0 Å². The molecule has 2 aromatic rings. The van der Waals surface area contributed by atoms with Crippen LogP contribution < -0.4 is 15.0 Å². The Morgan fingerprint density at radius 3 is 2.78 bits per heavy atom. The highest BCUT2D eigenvalue weighted by molar-refractivity contribution is 5.95. The highest BCUT2D eigenvalue weighted by atomic mass is 16.5. The van der Waals surface area contributed by atoms with Crippen LogP contribution in [0.25, 0.3) is 0 Å². The maximum atomic E-state index is 12.6. The lowest BCUT2D eigenvalue weighted by Gasteiger charge is -2.27. The minimum Gasteiger partial charge on any atom is -0.497 e. The van der Waals surface area contributed by atoms with E-state index in [1.807, 2.05) is 18.2 Å². The number of methoxy groups -OCH3 is 1. The average molecular weight is 367 g/mol. The Balaban J connectivity index is 1.57. The number of ether oxygens (including phenoxy) is 1. The fourth-order valence-corrected chi connectivity index (χ4v) is 3.34. The van der Waals surface area contributed by atoms with Gasteiger partial charge in [-0.25, -0.2) is 0 Å². The molecule has 6 nitrogen and oxygen atoms in total. The van der Waals surface area contributed by atoms with E-state index in [2.05, 4.69) is 23.2 Å². The number of rotatable bonds is 6. The predicted molar refractivity (Wildman–Crippen MR) is 106 cm³/mol. The zero-order valence-corrected chi connectivity index (χ0v) is 15.9. The summed E-state index contributed by atoms with van der Waals surface area (Å²) in [4.78, 5) is 28.5. The van der Waals surface area contributed by atoms with Gasteiger partial charge in [0, 0.05) is 30.5 Å². The van der Waals surface area contributed by atoms with Crippen molar-refractivity contribution in [1.29, 1.82) is 0 Å². The fourth-order valence-electron chi connectivity index (χ4n) is 3.34. The number of hydrogen-bond acceptors (Lipinski definition) is 4. The number of fused-ring (bicyclic) bond motifs is 1. The Kier molecular flexibility index (Phi) is 5.64. The SMILES string of the molecule is COc1cccc(NC(=O)CN(C)C(=O)CN2c3ccccc3C[C@@H]2C)c1. The molecule has 1 aliphatic rings. The van der Waals surface area contributed by atoms with Gasteiger partial charge in [-0.3, -0.25) is 9.59 Å². The number of carbonyl (C=O) groups is 2. The van der Waals surface area contributed by atoms with Crippen molar-refractivity contribution >= 4 is 23.2 Å². The molecule has 0 saturated carbocycles. The number of carbonyl (C=O) groups excluding carboxylic acids is 2. The van der Waals surface area contributed by atoms with Gasteiger partial charge in [0.05, 0.1) is 20.2 Å². The molecular formula is C21H25N3O3. The van der Waals surface area contributed by atoms with Crippen molar-refractivity contribution in [3.05, 3.63) is 54.1 Å². The molecule has 1 atom stereocenters. The van der Waals surface area contributed by atoms with Crippen LogP contribution in [0, 0.1) is 0 Å². The van der Waals surface area contributed by atoms with Gasteiger partial charge in [-0.2, -0.15) is 0 Å². The molecule has 1 aliphatic heterocycles. The van der Waals surface area contributed by atoms with Gasteiger partial charge in [0.1, 0.15) is 5.75 Å². The zero-order chi connectivity index (χ0) is 19.4. The molecule has 142 valence electrons. The van der Waals surface area contributed by atoms with Crippen molar-refractivity contribution in [2.75, 3.05) is 37.5 Å². The Bertz CT molecular complexity index is 837. The van der Waals surface area contributed by atoms with Crippen molar-refractivity contribution in [2.45, 2.75) is 19.4 Å². The van der Waals surface area contributed by atoms with Gasteiger partial charge in [0.2, 0.25) is 11.8 Å². The quantitative estimate of drug-likeness (QED) is 0.852. The number of benzene rings is 2. The van der Waals surface area contributed by atoms with Crippen LogP contribution in [0.5, 0.6) is 5.75 Å². The van der Waals surface area contributed by atoms with Gasteiger partial charge >= 0.3 is 0 Å². The predicted octanol–water partition coefficient (Wildman–Crippen LogP) is 2.54. The van der Waals surface area contributed by atoms with Crippen LogP contribution in [-0.2, 0) is 16.0 Å². The lowest BCUT2D eigenvalue weighted by atomic mass is 10.1. The second kappa shape index (κ2) is 8.12. The standard InChI is InChI=1S/C21H25N3O3/c1-15-11-16-7-4-5-10-19(16)24(15)14-21(26)23(2)13-20(25)22-17-8-6-9-18(12-17)27-3/h4-10,12,15H,11,13-14H2,1-3H3,(H,22,25)/t15-/m0/s1. The van der Waals surface area contributed by atoms with Crippen molar-refractivity contribution in [1.82, 2.24) is 4.90 Å². The van der Waals surface area contributed by atoms with Crippen molar-refractivity contribution in [3.63, 3.8) is 0 Å². The molecule has 2 amide bonds. The molecular weight excluding hydrogens is 342 g/mol. The van der Waals surface area contributed by atoms with Gasteiger partial charge in [0.15, 0.2) is 0 Å². The molecule has 0 aromatic heterocycles. The lowest BCUT2D eigenvalue weighted by molar-refractivity contribution is -0.132. The van der Waals surface area contributed by atoms with E-state index >= 15 is 0 Å². The smallest absolute Gasteiger partial charge is 0.243 e. The number of hydrogen-bond donors (Lipinski definition) is 1. The maximum Gasteiger partial charge on any atom is 0.243 e. The summed E-state index contributed by atoms with van der Waals surface area (Å²) in [5, 5.41) is 2.79. The Hall–Kier alpha value is -3.02. The molecule has 1 N–H and O–H groups in total. The molecule has 0 radical (unpaired) electrons. The second-order valence-electron chi connectivity index (χ2n) is 6.84. The molecule has 2 aromatic carbocycles. The number of para-hydroxylation sites is 1. The van der Waals surface area contributed by atoms with Crippen LogP contribution in [0.3, 0.4) is 0 Å². The van der Waals surface area contributed by atoms with E-state index < -0.39 is 0 Å². The number of anilines is 2. The summed E-state index contributed by atoms with van der Waals surface area (Å²) in [7, 11) is 3.23. The summed E-state index contributed by atoms with van der Waals surface area (Å²) in [6, 6.07) is 15.5. The van der Waals surface area contributed by atoms with Crippen molar-refractivity contribution in [2.24, 2.45) is 0 Å². The molecule has 27 heavy (non-hydrogen) atoms. The number of nitrogens with one attached hydrogen (secondary N) is 1. The molecule has 0 bridgehead atoms. The van der Waals surface area contributed by atoms with E-state index in [9.17, 15) is 9.59 Å². The summed E-state index contributed by atoms with van der Waals surface area (Å²) in [6.07, 6.45) is 0.934. The van der Waals surface area contributed by atoms with Crippen molar-refractivity contribution in [3.8, 4) is 5.75 Å². The minimum absolute atomic E-state index is 0.0000884. The van der Waals surface area contributed by atoms with E-state index in [1.54, 1.807) is 38.4 Å². The van der Waals surface area contributed by atoms with E-state index in [1.165, 1.54) is 10.5 Å². The first kappa shape index (κ1) is 18.8. The fraction of sp³-hybridized carbons (Fsp3) is 0.333. The summed E-state index contributed by atoms with van der Waals surface area (Å²) in [5.41, 5.74) is 3.01. The molecule has 0 aliphatic carbocycles. The Morgan fingerprint density at radius 2 is 2.00 bits per heavy atom. The van der Waals surface area contributed by atoms with Crippen LogP contribution in [0.15, 0.2) is 48.5 Å². The van der Waals surface area contributed by atoms with Crippen molar-refractivity contribution < 1.29 is 14.3 Å². The van der Waals surface area contributed by atoms with E-state index in [4.69, 9.17) is 4.74 Å². The van der Waals surface area contributed by atoms with E-state index in [0.717, 1.165) is 12.1 Å². The van der Waals surface area contributed by atoms with Gasteiger partial charge in [0.25, 0.3) is 0 Å². The third kappa shape index (κ3) is 4.39. The summed E-state index contributed by atoms with van der Waals surface area (Å²) in [6.45, 7) is 2.38. The van der Waals surface area contributed by atoms with Gasteiger partial charge in [-0.15, -0.1) is 0 Å². The van der Waals surface area contributed by atoms with Gasteiger partial charge in [-0.1, -0.05) is 24.3 Å². The zero-order valence-electron chi connectivity index (χ0n) is 15.9. The molecule has 0 unspecified atom stereocenters. The van der Waals surface area contributed by atoms with E-state index in [0.29, 0.717) is 11.4 Å². The van der Waals surface area contributed by atoms with Crippen LogP contribution in [0.4, 0.5) is 11.4 Å². The lowest BCUT2D eigenvalue weighted by Crippen LogP contribution is -2.43. The highest BCUT2D eigenvalue weighted by Crippen LogP contribution is 2.31. The first-order valence-electron chi connectivity index (χ1n) is 9.00. The summed E-state index contributed by atoms with van der Waals surface area (Å²) in [5.74, 6) is 0.340. The highest BCUT2D eigenvalue weighted by Gasteiger charge is 2.28. The topological polar surface area (TPSA) is 61.9 Å². The minimum atomic E-state index is -0.242. The van der Waals surface area contributed by atoms with Gasteiger partial charge in [-0.05, 0) is 37.1 Å². The average Bonchev–Trinajstić information content (AvgIpc) is 2.97. The molecule has 0 fully saturated rings. The number of likely N-dealkylation sites (N-methyl/N-ethyl adjacent to an activating group) is 1. The van der Waals surface area contributed by atoms with Gasteiger partial charge < -0.3 is 19.9 Å². The molecule has 3 rings (SSSR count). The third-order valence-electron chi connectivity index (χ3n) is 4.81. The Morgan fingerprint density at radius 1 is 1.22 bits per heavy atom. The number of amides is 2. The first-order valence-corrected chi connectivity index (χ1v) is 9.00. The largest absolute Gasteiger partial charge is 0.497 e. The van der Waals surface area contributed by atoms with Crippen LogP contribution in [0.2, 0.25) is 0 Å². The second-order valence-corrected chi connectivity index (χ2v) is 6.84. The molecule has 0 spiro atoms. The summed E-state index contributed by atoms with van der Waals surface area (Å²) >= 11 is 0. The maximum absolute atomic E-state index is 12.6. The monoisotopic (exact) mass is 367 g/mol. The molecule has 0 saturated heterocycles. The molecule has 1 heterocycles. The third-order valence-corrected chi connectivity index (χ3v) is 4.81. The van der Waals surface area contributed by atoms with Crippen LogP contribution in [0.1, 0.15) is 12.5 Å². The molecule has 6 heteroatoms.